The summed E-state index contributed by atoms with van der Waals surface area (Å²) in [6.45, 7) is 4.56. The smallest absolute Gasteiger partial charge is 0.303 e. The van der Waals surface area contributed by atoms with Gasteiger partial charge in [0.15, 0.2) is 12.2 Å². The van der Waals surface area contributed by atoms with Crippen LogP contribution in [0.25, 0.3) is 0 Å². The van der Waals surface area contributed by atoms with Gasteiger partial charge in [-0.3, -0.25) is 19.2 Å². The van der Waals surface area contributed by atoms with Crippen molar-refractivity contribution in [3.8, 4) is 5.75 Å². The lowest BCUT2D eigenvalue weighted by atomic mass is 9.96. The second-order valence-corrected chi connectivity index (χ2v) is 8.04. The van der Waals surface area contributed by atoms with Crippen molar-refractivity contribution in [1.82, 2.24) is 5.32 Å². The van der Waals surface area contributed by atoms with Crippen molar-refractivity contribution in [3.63, 3.8) is 0 Å². The average Bonchev–Trinajstić information content (AvgIpc) is 2.65. The second kappa shape index (κ2) is 11.3. The molecule has 1 saturated heterocycles. The summed E-state index contributed by atoms with van der Waals surface area (Å²) in [6.07, 6.45) is -4.47. The van der Waals surface area contributed by atoms with Gasteiger partial charge in [-0.1, -0.05) is 0 Å². The molecule has 1 heterocycles. The maximum Gasteiger partial charge on any atom is 0.303 e. The van der Waals surface area contributed by atoms with E-state index in [2.05, 4.69) is 27.9 Å². The number of halogens is 1. The Labute approximate surface area is 193 Å². The SMILES string of the molecule is CC(=O)N[C@@H]1[C@@H](Oc2ccc(I)cc2)O[C@@H](COC(C)=O)[C@@H](OC(C)=O)[C@H]1OC(C)=O. The Balaban J connectivity index is 2.43. The number of benzene rings is 1. The van der Waals surface area contributed by atoms with E-state index in [0.29, 0.717) is 5.75 Å². The molecule has 10 nitrogen and oxygen atoms in total. The highest BCUT2D eigenvalue weighted by Crippen LogP contribution is 2.29. The van der Waals surface area contributed by atoms with E-state index in [1.807, 2.05) is 12.1 Å². The minimum absolute atomic E-state index is 0.287. The first-order valence-electron chi connectivity index (χ1n) is 9.39. The van der Waals surface area contributed by atoms with Crippen LogP contribution in [0.2, 0.25) is 0 Å². The van der Waals surface area contributed by atoms with Gasteiger partial charge in [-0.15, -0.1) is 0 Å². The van der Waals surface area contributed by atoms with Crippen molar-refractivity contribution in [2.24, 2.45) is 0 Å². The summed E-state index contributed by atoms with van der Waals surface area (Å²) < 4.78 is 28.6. The molecule has 1 N–H and O–H groups in total. The molecular formula is C20H24INO9. The summed E-state index contributed by atoms with van der Waals surface area (Å²) in [5.74, 6) is -1.93. The van der Waals surface area contributed by atoms with E-state index in [4.69, 9.17) is 23.7 Å². The topological polar surface area (TPSA) is 126 Å². The van der Waals surface area contributed by atoms with E-state index >= 15 is 0 Å². The number of carbonyl (C=O) groups is 4. The Morgan fingerprint density at radius 3 is 2.03 bits per heavy atom. The Morgan fingerprint density at radius 1 is 0.935 bits per heavy atom. The zero-order valence-corrected chi connectivity index (χ0v) is 19.6. The van der Waals surface area contributed by atoms with E-state index in [9.17, 15) is 19.2 Å². The van der Waals surface area contributed by atoms with E-state index in [-0.39, 0.29) is 6.61 Å². The molecule has 1 aliphatic heterocycles. The summed E-state index contributed by atoms with van der Waals surface area (Å²) in [5.41, 5.74) is 0. The van der Waals surface area contributed by atoms with Crippen molar-refractivity contribution in [1.29, 1.82) is 0 Å². The minimum atomic E-state index is -1.16. The number of hydrogen-bond donors (Lipinski definition) is 1. The van der Waals surface area contributed by atoms with Crippen LogP contribution in [0.15, 0.2) is 24.3 Å². The van der Waals surface area contributed by atoms with Crippen LogP contribution in [0.1, 0.15) is 27.7 Å². The molecule has 1 amide bonds. The fourth-order valence-corrected chi connectivity index (χ4v) is 3.40. The number of rotatable bonds is 7. The maximum atomic E-state index is 11.9. The number of carbonyl (C=O) groups excluding carboxylic acids is 4. The molecular weight excluding hydrogens is 525 g/mol. The average molecular weight is 549 g/mol. The predicted octanol–water partition coefficient (Wildman–Crippen LogP) is 1.33. The van der Waals surface area contributed by atoms with Crippen LogP contribution in [0, 0.1) is 3.57 Å². The molecule has 31 heavy (non-hydrogen) atoms. The first-order valence-corrected chi connectivity index (χ1v) is 10.5. The van der Waals surface area contributed by atoms with Crippen molar-refractivity contribution >= 4 is 46.4 Å². The number of nitrogens with one attached hydrogen (secondary N) is 1. The Kier molecular flexibility index (Phi) is 9.04. The number of amides is 1. The molecule has 0 aliphatic carbocycles. The lowest BCUT2D eigenvalue weighted by Crippen LogP contribution is -2.67. The quantitative estimate of drug-likeness (QED) is 0.305. The number of ether oxygens (including phenoxy) is 5. The van der Waals surface area contributed by atoms with Crippen LogP contribution in [0.3, 0.4) is 0 Å². The molecule has 11 heteroatoms. The zero-order chi connectivity index (χ0) is 23.1. The zero-order valence-electron chi connectivity index (χ0n) is 17.5. The standard InChI is InChI=1S/C20H24INO9/c1-10(23)22-17-19(29-13(4)26)18(28-12(3)25)16(9-27-11(2)24)31-20(17)30-15-7-5-14(21)6-8-15/h5-8,16-20H,9H2,1-4H3,(H,22,23)/t16-,17-,18+,19-,20-/m0/s1. The van der Waals surface area contributed by atoms with Gasteiger partial charge < -0.3 is 29.0 Å². The summed E-state index contributed by atoms with van der Waals surface area (Å²) >= 11 is 2.14. The molecule has 0 spiro atoms. The maximum absolute atomic E-state index is 11.9. The summed E-state index contributed by atoms with van der Waals surface area (Å²) in [6, 6.07) is 6.02. The van der Waals surface area contributed by atoms with Gasteiger partial charge in [0.05, 0.1) is 0 Å². The second-order valence-electron chi connectivity index (χ2n) is 6.79. The largest absolute Gasteiger partial charge is 0.463 e. The molecule has 170 valence electrons. The van der Waals surface area contributed by atoms with E-state index in [0.717, 1.165) is 3.57 Å². The first kappa shape index (κ1) is 24.9. The molecule has 1 aromatic rings. The molecule has 1 aromatic carbocycles. The Bertz CT molecular complexity index is 813. The van der Waals surface area contributed by atoms with E-state index < -0.39 is 54.5 Å². The van der Waals surface area contributed by atoms with Crippen LogP contribution in [0.4, 0.5) is 0 Å². The number of esters is 3. The van der Waals surface area contributed by atoms with Crippen molar-refractivity contribution in [2.75, 3.05) is 6.61 Å². The van der Waals surface area contributed by atoms with Gasteiger partial charge in [-0.2, -0.15) is 0 Å². The molecule has 2 rings (SSSR count). The normalized spacial score (nSPS) is 25.1. The van der Waals surface area contributed by atoms with Crippen molar-refractivity contribution in [3.05, 3.63) is 27.8 Å². The molecule has 0 aromatic heterocycles. The highest BCUT2D eigenvalue weighted by molar-refractivity contribution is 14.1. The van der Waals surface area contributed by atoms with Crippen LogP contribution >= 0.6 is 22.6 Å². The Morgan fingerprint density at radius 2 is 1.52 bits per heavy atom. The van der Waals surface area contributed by atoms with Crippen molar-refractivity contribution in [2.45, 2.75) is 58.3 Å². The van der Waals surface area contributed by atoms with Crippen LogP contribution in [0.5, 0.6) is 5.75 Å². The molecule has 5 atom stereocenters. The summed E-state index contributed by atoms with van der Waals surface area (Å²) in [4.78, 5) is 46.7. The molecule has 1 fully saturated rings. The van der Waals surface area contributed by atoms with Gasteiger partial charge in [0.1, 0.15) is 24.5 Å². The third-order valence-electron chi connectivity index (χ3n) is 4.14. The molecule has 0 radical (unpaired) electrons. The molecule has 0 saturated carbocycles. The highest BCUT2D eigenvalue weighted by atomic mass is 127. The molecule has 0 unspecified atom stereocenters. The minimum Gasteiger partial charge on any atom is -0.463 e. The highest BCUT2D eigenvalue weighted by Gasteiger charge is 2.51. The van der Waals surface area contributed by atoms with Crippen LogP contribution in [-0.4, -0.2) is 61.1 Å². The van der Waals surface area contributed by atoms with Crippen LogP contribution < -0.4 is 10.1 Å². The monoisotopic (exact) mass is 549 g/mol. The van der Waals surface area contributed by atoms with Gasteiger partial charge in [0.25, 0.3) is 0 Å². The van der Waals surface area contributed by atoms with E-state index in [1.165, 1.54) is 27.7 Å². The predicted molar refractivity (Wildman–Crippen MR) is 114 cm³/mol. The summed E-state index contributed by atoms with van der Waals surface area (Å²) in [7, 11) is 0. The van der Waals surface area contributed by atoms with Gasteiger partial charge in [-0.25, -0.2) is 0 Å². The fraction of sp³-hybridized carbons (Fsp3) is 0.500. The molecule has 0 bridgehead atoms. The third kappa shape index (κ3) is 7.65. The molecule has 1 aliphatic rings. The van der Waals surface area contributed by atoms with Gasteiger partial charge in [-0.05, 0) is 46.9 Å². The first-order chi connectivity index (χ1) is 14.6. The number of hydrogen-bond acceptors (Lipinski definition) is 9. The van der Waals surface area contributed by atoms with Gasteiger partial charge in [0, 0.05) is 31.3 Å². The van der Waals surface area contributed by atoms with Gasteiger partial charge in [0.2, 0.25) is 12.2 Å². The fourth-order valence-electron chi connectivity index (χ4n) is 3.04. The van der Waals surface area contributed by atoms with Crippen LogP contribution in [-0.2, 0) is 38.1 Å². The van der Waals surface area contributed by atoms with Gasteiger partial charge >= 0.3 is 17.9 Å². The third-order valence-corrected chi connectivity index (χ3v) is 4.86. The Hall–Kier alpha value is -2.41. The lowest BCUT2D eigenvalue weighted by Gasteiger charge is -2.44. The lowest BCUT2D eigenvalue weighted by molar-refractivity contribution is -0.257. The summed E-state index contributed by atoms with van der Waals surface area (Å²) in [5, 5.41) is 2.64. The van der Waals surface area contributed by atoms with Crippen molar-refractivity contribution < 1.29 is 42.9 Å². The van der Waals surface area contributed by atoms with E-state index in [1.54, 1.807) is 12.1 Å².